The zero-order chi connectivity index (χ0) is 12.8. The molecule has 2 atom stereocenters. The van der Waals surface area contributed by atoms with E-state index in [2.05, 4.69) is 17.2 Å². The van der Waals surface area contributed by atoms with Gasteiger partial charge < -0.3 is 15.3 Å². The highest BCUT2D eigenvalue weighted by atomic mass is 16.3. The quantitative estimate of drug-likeness (QED) is 0.788. The van der Waals surface area contributed by atoms with E-state index in [1.165, 1.54) is 0 Å². The average Bonchev–Trinajstić information content (AvgIpc) is 2.30. The number of hydrogen-bond acceptors (Lipinski definition) is 4. The second-order valence-corrected chi connectivity index (χ2v) is 4.42. The molecule has 4 nitrogen and oxygen atoms in total. The summed E-state index contributed by atoms with van der Waals surface area (Å²) in [4.78, 5) is 6.47. The van der Waals surface area contributed by atoms with E-state index in [1.807, 2.05) is 37.3 Å². The maximum absolute atomic E-state index is 9.33. The number of nitrogens with one attached hydrogen (secondary N) is 1. The zero-order valence-corrected chi connectivity index (χ0v) is 11.1. The van der Waals surface area contributed by atoms with Crippen molar-refractivity contribution in [3.63, 3.8) is 0 Å². The molecule has 0 saturated carbocycles. The topological polar surface area (TPSA) is 48.4 Å². The number of rotatable bonds is 6. The van der Waals surface area contributed by atoms with Crippen LogP contribution in [0.2, 0.25) is 0 Å². The third-order valence-corrected chi connectivity index (χ3v) is 2.86. The molecule has 0 spiro atoms. The average molecular weight is 237 g/mol. The van der Waals surface area contributed by atoms with Crippen LogP contribution in [0, 0.1) is 0 Å². The van der Waals surface area contributed by atoms with Crippen molar-refractivity contribution >= 4 is 5.69 Å². The molecule has 1 aromatic rings. The molecule has 0 aromatic carbocycles. The lowest BCUT2D eigenvalue weighted by Gasteiger charge is -2.21. The van der Waals surface area contributed by atoms with Crippen LogP contribution < -0.4 is 10.2 Å². The summed E-state index contributed by atoms with van der Waals surface area (Å²) < 4.78 is 0. The lowest BCUT2D eigenvalue weighted by Crippen LogP contribution is -2.27. The molecule has 2 unspecified atom stereocenters. The van der Waals surface area contributed by atoms with Gasteiger partial charge in [-0.05, 0) is 32.5 Å². The van der Waals surface area contributed by atoms with E-state index < -0.39 is 0 Å². The van der Waals surface area contributed by atoms with Crippen molar-refractivity contribution < 1.29 is 5.11 Å². The lowest BCUT2D eigenvalue weighted by molar-refractivity contribution is 0.201. The summed E-state index contributed by atoms with van der Waals surface area (Å²) in [7, 11) is 3.90. The minimum atomic E-state index is -0.333. The summed E-state index contributed by atoms with van der Waals surface area (Å²) in [5, 5.41) is 12.6. The van der Waals surface area contributed by atoms with Gasteiger partial charge >= 0.3 is 0 Å². The molecule has 0 aliphatic heterocycles. The van der Waals surface area contributed by atoms with Crippen LogP contribution in [0.4, 0.5) is 5.69 Å². The highest BCUT2D eigenvalue weighted by molar-refractivity contribution is 5.44. The largest absolute Gasteiger partial charge is 0.392 e. The smallest absolute Gasteiger partial charge is 0.0686 e. The number of aliphatic hydroxyl groups is 1. The molecule has 2 N–H and O–H groups in total. The van der Waals surface area contributed by atoms with Gasteiger partial charge in [-0.1, -0.05) is 6.92 Å². The Morgan fingerprint density at radius 1 is 1.47 bits per heavy atom. The number of aliphatic hydroxyl groups excluding tert-OH is 1. The Morgan fingerprint density at radius 2 is 2.18 bits per heavy atom. The van der Waals surface area contributed by atoms with Gasteiger partial charge in [0.25, 0.3) is 0 Å². The van der Waals surface area contributed by atoms with Gasteiger partial charge in [0, 0.05) is 19.6 Å². The molecule has 0 aliphatic carbocycles. The van der Waals surface area contributed by atoms with Gasteiger partial charge in [0.1, 0.15) is 0 Å². The highest BCUT2D eigenvalue weighted by Gasteiger charge is 2.09. The molecule has 96 valence electrons. The molecular weight excluding hydrogens is 214 g/mol. The van der Waals surface area contributed by atoms with E-state index in [9.17, 15) is 5.11 Å². The highest BCUT2D eigenvalue weighted by Crippen LogP contribution is 2.17. The van der Waals surface area contributed by atoms with Gasteiger partial charge in [0.15, 0.2) is 0 Å². The van der Waals surface area contributed by atoms with Gasteiger partial charge in [-0.15, -0.1) is 0 Å². The van der Waals surface area contributed by atoms with E-state index in [-0.39, 0.29) is 6.10 Å². The number of nitrogens with zero attached hydrogens (tertiary/aromatic N) is 2. The monoisotopic (exact) mass is 237 g/mol. The fourth-order valence-electron chi connectivity index (χ4n) is 1.89. The van der Waals surface area contributed by atoms with Crippen LogP contribution in [-0.4, -0.2) is 36.8 Å². The first-order valence-corrected chi connectivity index (χ1v) is 6.10. The predicted molar refractivity (Wildman–Crippen MR) is 71.3 cm³/mol. The summed E-state index contributed by atoms with van der Waals surface area (Å²) in [5.41, 5.74) is 2.09. The maximum Gasteiger partial charge on any atom is 0.0686 e. The van der Waals surface area contributed by atoms with E-state index in [0.29, 0.717) is 12.6 Å². The first-order chi connectivity index (χ1) is 8.08. The first-order valence-electron chi connectivity index (χ1n) is 6.10. The van der Waals surface area contributed by atoms with Crippen molar-refractivity contribution in [1.29, 1.82) is 0 Å². The summed E-state index contributed by atoms with van der Waals surface area (Å²) >= 11 is 0. The normalized spacial score (nSPS) is 14.4. The number of pyridine rings is 1. The van der Waals surface area contributed by atoms with E-state index in [0.717, 1.165) is 17.8 Å². The van der Waals surface area contributed by atoms with Gasteiger partial charge in [-0.25, -0.2) is 0 Å². The second-order valence-electron chi connectivity index (χ2n) is 4.42. The summed E-state index contributed by atoms with van der Waals surface area (Å²) in [5.74, 6) is 0. The molecule has 0 aliphatic rings. The standard InChI is InChI=1S/C13H23N3O/c1-5-12(14-3)13-7-6-11(8-15-13)16(4)9-10(2)17/h6-8,10,12,14,17H,5,9H2,1-4H3. The van der Waals surface area contributed by atoms with Crippen LogP contribution in [-0.2, 0) is 0 Å². The van der Waals surface area contributed by atoms with E-state index in [1.54, 1.807) is 6.92 Å². The first kappa shape index (κ1) is 13.9. The molecule has 4 heteroatoms. The third kappa shape index (κ3) is 3.98. The number of likely N-dealkylation sites (N-methyl/N-ethyl adjacent to an activating group) is 1. The minimum absolute atomic E-state index is 0.311. The van der Waals surface area contributed by atoms with Crippen LogP contribution >= 0.6 is 0 Å². The molecule has 0 saturated heterocycles. The molecular formula is C13H23N3O. The Bertz CT molecular complexity index is 320. The SMILES string of the molecule is CCC(NC)c1ccc(N(C)CC(C)O)cn1. The van der Waals surface area contributed by atoms with Gasteiger partial charge in [0.2, 0.25) is 0 Å². The Balaban J connectivity index is 2.73. The molecule has 0 bridgehead atoms. The molecule has 0 amide bonds. The van der Waals surface area contributed by atoms with Crippen LogP contribution in [0.5, 0.6) is 0 Å². The summed E-state index contributed by atoms with van der Waals surface area (Å²) in [6.45, 7) is 4.53. The van der Waals surface area contributed by atoms with Crippen molar-refractivity contribution in [2.45, 2.75) is 32.4 Å². The number of aromatic nitrogens is 1. The molecule has 0 fully saturated rings. The Labute approximate surface area is 104 Å². The Kier molecular flexibility index (Phi) is 5.38. The van der Waals surface area contributed by atoms with Crippen molar-refractivity contribution in [3.8, 4) is 0 Å². The Hall–Kier alpha value is -1.13. The molecule has 1 heterocycles. The molecule has 1 aromatic heterocycles. The van der Waals surface area contributed by atoms with Crippen LogP contribution in [0.15, 0.2) is 18.3 Å². The zero-order valence-electron chi connectivity index (χ0n) is 11.1. The summed E-state index contributed by atoms with van der Waals surface area (Å²) in [6, 6.07) is 4.40. The van der Waals surface area contributed by atoms with Crippen LogP contribution in [0.25, 0.3) is 0 Å². The lowest BCUT2D eigenvalue weighted by atomic mass is 10.1. The van der Waals surface area contributed by atoms with Crippen LogP contribution in [0.3, 0.4) is 0 Å². The fourth-order valence-corrected chi connectivity index (χ4v) is 1.89. The van der Waals surface area contributed by atoms with E-state index >= 15 is 0 Å². The van der Waals surface area contributed by atoms with Crippen molar-refractivity contribution in [3.05, 3.63) is 24.0 Å². The number of anilines is 1. The molecule has 1 rings (SSSR count). The molecule has 0 radical (unpaired) electrons. The van der Waals surface area contributed by atoms with Crippen molar-refractivity contribution in [2.24, 2.45) is 0 Å². The summed E-state index contributed by atoms with van der Waals surface area (Å²) in [6.07, 6.45) is 2.55. The van der Waals surface area contributed by atoms with Crippen molar-refractivity contribution in [2.75, 3.05) is 25.5 Å². The van der Waals surface area contributed by atoms with Gasteiger partial charge in [0.05, 0.1) is 23.7 Å². The third-order valence-electron chi connectivity index (χ3n) is 2.86. The minimum Gasteiger partial charge on any atom is -0.392 e. The number of hydrogen-bond donors (Lipinski definition) is 2. The Morgan fingerprint density at radius 3 is 2.59 bits per heavy atom. The van der Waals surface area contributed by atoms with Crippen molar-refractivity contribution in [1.82, 2.24) is 10.3 Å². The second kappa shape index (κ2) is 6.57. The molecule has 17 heavy (non-hydrogen) atoms. The van der Waals surface area contributed by atoms with Gasteiger partial charge in [-0.2, -0.15) is 0 Å². The predicted octanol–water partition coefficient (Wildman–Crippen LogP) is 1.57. The van der Waals surface area contributed by atoms with Crippen LogP contribution in [0.1, 0.15) is 32.0 Å². The van der Waals surface area contributed by atoms with E-state index in [4.69, 9.17) is 0 Å². The fraction of sp³-hybridized carbons (Fsp3) is 0.615. The van der Waals surface area contributed by atoms with Gasteiger partial charge in [-0.3, -0.25) is 4.98 Å². The maximum atomic E-state index is 9.33.